The first-order valence-corrected chi connectivity index (χ1v) is 5.53. The van der Waals surface area contributed by atoms with Gasteiger partial charge in [-0.3, -0.25) is 4.79 Å². The fourth-order valence-corrected chi connectivity index (χ4v) is 1.93. The molecule has 2 rings (SSSR count). The SMILES string of the molecule is N#Cc1cccnc1Sc1nnnn1CC(=O)O. The van der Waals surface area contributed by atoms with Gasteiger partial charge in [0.15, 0.2) is 0 Å². The molecule has 2 heterocycles. The summed E-state index contributed by atoms with van der Waals surface area (Å²) >= 11 is 1.04. The molecular weight excluding hydrogens is 256 g/mol. The summed E-state index contributed by atoms with van der Waals surface area (Å²) < 4.78 is 1.13. The Bertz CT molecular complexity index is 620. The molecule has 8 nitrogen and oxygen atoms in total. The Kier molecular flexibility index (Phi) is 3.49. The third-order valence-corrected chi connectivity index (χ3v) is 2.86. The molecule has 0 bridgehead atoms. The van der Waals surface area contributed by atoms with Crippen molar-refractivity contribution in [1.29, 1.82) is 5.26 Å². The third-order valence-electron chi connectivity index (χ3n) is 1.86. The molecule has 2 aromatic rings. The zero-order valence-corrected chi connectivity index (χ0v) is 9.70. The highest BCUT2D eigenvalue weighted by Gasteiger charge is 2.13. The summed E-state index contributed by atoms with van der Waals surface area (Å²) in [4.78, 5) is 14.6. The molecule has 0 saturated heterocycles. The van der Waals surface area contributed by atoms with Crippen molar-refractivity contribution in [2.24, 2.45) is 0 Å². The smallest absolute Gasteiger partial charge is 0.325 e. The van der Waals surface area contributed by atoms with Crippen LogP contribution in [0.5, 0.6) is 0 Å². The van der Waals surface area contributed by atoms with Crippen LogP contribution in [0.25, 0.3) is 0 Å². The van der Waals surface area contributed by atoms with Gasteiger partial charge >= 0.3 is 5.97 Å². The van der Waals surface area contributed by atoms with Gasteiger partial charge < -0.3 is 5.11 Å². The topological polar surface area (TPSA) is 118 Å². The van der Waals surface area contributed by atoms with E-state index in [4.69, 9.17) is 10.4 Å². The van der Waals surface area contributed by atoms with Crippen molar-refractivity contribution < 1.29 is 9.90 Å². The number of carboxylic acids is 1. The van der Waals surface area contributed by atoms with Crippen LogP contribution in [-0.4, -0.2) is 36.3 Å². The van der Waals surface area contributed by atoms with Gasteiger partial charge in [0.25, 0.3) is 0 Å². The molecule has 0 unspecified atom stereocenters. The Labute approximate surface area is 105 Å². The van der Waals surface area contributed by atoms with E-state index in [0.717, 1.165) is 16.4 Å². The lowest BCUT2D eigenvalue weighted by Crippen LogP contribution is -2.11. The zero-order valence-electron chi connectivity index (χ0n) is 8.89. The fourth-order valence-electron chi connectivity index (χ4n) is 1.14. The van der Waals surface area contributed by atoms with E-state index in [1.54, 1.807) is 12.1 Å². The minimum Gasteiger partial charge on any atom is -0.480 e. The van der Waals surface area contributed by atoms with Crippen LogP contribution in [0, 0.1) is 11.3 Å². The second-order valence-corrected chi connectivity index (χ2v) is 4.04. The van der Waals surface area contributed by atoms with E-state index in [-0.39, 0.29) is 11.7 Å². The van der Waals surface area contributed by atoms with Gasteiger partial charge in [0.05, 0.1) is 5.56 Å². The minimum atomic E-state index is -1.05. The number of tetrazole rings is 1. The van der Waals surface area contributed by atoms with E-state index in [0.29, 0.717) is 10.6 Å². The van der Waals surface area contributed by atoms with Crippen LogP contribution in [0.3, 0.4) is 0 Å². The van der Waals surface area contributed by atoms with Gasteiger partial charge in [-0.15, -0.1) is 5.10 Å². The highest BCUT2D eigenvalue weighted by molar-refractivity contribution is 7.99. The average Bonchev–Trinajstić information content (AvgIpc) is 2.76. The quantitative estimate of drug-likeness (QED) is 0.828. The van der Waals surface area contributed by atoms with Crippen molar-refractivity contribution in [1.82, 2.24) is 25.2 Å². The van der Waals surface area contributed by atoms with Gasteiger partial charge in [-0.2, -0.15) is 5.26 Å². The lowest BCUT2D eigenvalue weighted by atomic mass is 10.3. The maximum atomic E-state index is 10.6. The molecule has 2 aromatic heterocycles. The molecule has 0 fully saturated rings. The summed E-state index contributed by atoms with van der Waals surface area (Å²) in [6, 6.07) is 5.24. The molecule has 0 saturated carbocycles. The van der Waals surface area contributed by atoms with E-state index in [9.17, 15) is 4.79 Å². The first-order chi connectivity index (χ1) is 8.70. The number of rotatable bonds is 4. The molecule has 0 aliphatic carbocycles. The number of nitrogens with zero attached hydrogens (tertiary/aromatic N) is 6. The lowest BCUT2D eigenvalue weighted by Gasteiger charge is -2.01. The largest absolute Gasteiger partial charge is 0.480 e. The number of hydrogen-bond donors (Lipinski definition) is 1. The van der Waals surface area contributed by atoms with Crippen LogP contribution in [0.4, 0.5) is 0 Å². The van der Waals surface area contributed by atoms with E-state index < -0.39 is 5.97 Å². The highest BCUT2D eigenvalue weighted by Crippen LogP contribution is 2.25. The van der Waals surface area contributed by atoms with Crippen molar-refractivity contribution in [3.05, 3.63) is 23.9 Å². The summed E-state index contributed by atoms with van der Waals surface area (Å²) in [7, 11) is 0. The maximum absolute atomic E-state index is 10.6. The van der Waals surface area contributed by atoms with Gasteiger partial charge in [-0.05, 0) is 34.3 Å². The Morgan fingerprint density at radius 3 is 3.17 bits per heavy atom. The first kappa shape index (κ1) is 12.0. The van der Waals surface area contributed by atoms with Gasteiger partial charge in [0.1, 0.15) is 17.6 Å². The zero-order chi connectivity index (χ0) is 13.0. The molecule has 0 aromatic carbocycles. The minimum absolute atomic E-state index is 0.271. The molecule has 1 N–H and O–H groups in total. The number of carbonyl (C=O) groups is 1. The maximum Gasteiger partial charge on any atom is 0.325 e. The standard InChI is InChI=1S/C9H6N6O2S/c10-4-6-2-1-3-11-8(6)18-9-12-13-14-15(9)5-7(16)17/h1-3H,5H2,(H,16,17). The summed E-state index contributed by atoms with van der Waals surface area (Å²) in [5, 5.41) is 28.9. The molecule has 0 radical (unpaired) electrons. The number of aromatic nitrogens is 5. The summed E-state index contributed by atoms with van der Waals surface area (Å²) in [5.74, 6) is -1.05. The van der Waals surface area contributed by atoms with E-state index in [1.807, 2.05) is 6.07 Å². The van der Waals surface area contributed by atoms with Crippen molar-refractivity contribution in [2.75, 3.05) is 0 Å². The predicted octanol–water partition coefficient (Wildman–Crippen LogP) is 0.176. The molecular formula is C9H6N6O2S. The van der Waals surface area contributed by atoms with Crippen molar-refractivity contribution >= 4 is 17.7 Å². The number of pyridine rings is 1. The Hall–Kier alpha value is -2.47. The van der Waals surface area contributed by atoms with Crippen LogP contribution in [0.15, 0.2) is 28.5 Å². The van der Waals surface area contributed by atoms with E-state index in [1.165, 1.54) is 6.20 Å². The summed E-state index contributed by atoms with van der Waals surface area (Å²) in [6.45, 7) is -0.343. The fraction of sp³-hybridized carbons (Fsp3) is 0.111. The summed E-state index contributed by atoms with van der Waals surface area (Å²) in [5.41, 5.74) is 0.382. The van der Waals surface area contributed by atoms with E-state index in [2.05, 4.69) is 20.5 Å². The Morgan fingerprint density at radius 1 is 1.61 bits per heavy atom. The van der Waals surface area contributed by atoms with Crippen LogP contribution in [-0.2, 0) is 11.3 Å². The number of nitriles is 1. The molecule has 0 aliphatic rings. The monoisotopic (exact) mass is 262 g/mol. The van der Waals surface area contributed by atoms with E-state index >= 15 is 0 Å². The molecule has 0 aliphatic heterocycles. The van der Waals surface area contributed by atoms with Gasteiger partial charge in [0, 0.05) is 6.20 Å². The molecule has 0 spiro atoms. The molecule has 90 valence electrons. The van der Waals surface area contributed by atoms with Gasteiger partial charge in [0.2, 0.25) is 5.16 Å². The number of hydrogen-bond acceptors (Lipinski definition) is 7. The lowest BCUT2D eigenvalue weighted by molar-refractivity contribution is -0.138. The van der Waals surface area contributed by atoms with Crippen LogP contribution >= 0.6 is 11.8 Å². The van der Waals surface area contributed by atoms with Crippen LogP contribution in [0.2, 0.25) is 0 Å². The van der Waals surface area contributed by atoms with Crippen molar-refractivity contribution in [3.63, 3.8) is 0 Å². The normalized spacial score (nSPS) is 9.94. The molecule has 9 heteroatoms. The summed E-state index contributed by atoms with van der Waals surface area (Å²) in [6.07, 6.45) is 1.54. The first-order valence-electron chi connectivity index (χ1n) is 4.71. The molecule has 0 atom stereocenters. The predicted molar refractivity (Wildman–Crippen MR) is 58.5 cm³/mol. The van der Waals surface area contributed by atoms with Gasteiger partial charge in [-0.1, -0.05) is 0 Å². The average molecular weight is 262 g/mol. The van der Waals surface area contributed by atoms with Crippen LogP contribution < -0.4 is 0 Å². The second-order valence-electron chi connectivity index (χ2n) is 3.08. The van der Waals surface area contributed by atoms with Gasteiger partial charge in [-0.25, -0.2) is 9.67 Å². The van der Waals surface area contributed by atoms with Crippen molar-refractivity contribution in [2.45, 2.75) is 16.7 Å². The number of aliphatic carboxylic acids is 1. The molecule has 18 heavy (non-hydrogen) atoms. The van der Waals surface area contributed by atoms with Crippen molar-refractivity contribution in [3.8, 4) is 6.07 Å². The second kappa shape index (κ2) is 5.24. The molecule has 0 amide bonds. The van der Waals surface area contributed by atoms with Crippen LogP contribution in [0.1, 0.15) is 5.56 Å². The Morgan fingerprint density at radius 2 is 2.44 bits per heavy atom. The Balaban J connectivity index is 2.27. The highest BCUT2D eigenvalue weighted by atomic mass is 32.2. The third kappa shape index (κ3) is 2.61. The number of carboxylic acid groups (broad SMARTS) is 1.